The molecular weight excluding hydrogens is 377 g/mol. The first-order chi connectivity index (χ1) is 12.5. The Labute approximate surface area is 167 Å². The van der Waals surface area contributed by atoms with Crippen molar-refractivity contribution in [2.75, 3.05) is 24.8 Å². The zero-order chi connectivity index (χ0) is 19.4. The summed E-state index contributed by atoms with van der Waals surface area (Å²) in [4.78, 5) is 26.1. The van der Waals surface area contributed by atoms with Crippen LogP contribution in [0.1, 0.15) is 64.7 Å². The van der Waals surface area contributed by atoms with Crippen molar-refractivity contribution in [2.45, 2.75) is 76.9 Å². The Morgan fingerprint density at radius 2 is 1.73 bits per heavy atom. The van der Waals surface area contributed by atoms with Crippen LogP contribution in [-0.2, 0) is 14.3 Å². The van der Waals surface area contributed by atoms with Crippen molar-refractivity contribution in [2.24, 2.45) is 5.92 Å². The molecule has 0 bridgehead atoms. The van der Waals surface area contributed by atoms with E-state index in [1.165, 1.54) is 6.42 Å². The summed E-state index contributed by atoms with van der Waals surface area (Å²) in [7, 11) is 0. The summed E-state index contributed by atoms with van der Waals surface area (Å²) in [6.07, 6.45) is 7.10. The van der Waals surface area contributed by atoms with Crippen LogP contribution in [-0.4, -0.2) is 58.9 Å². The fraction of sp³-hybridized carbons (Fsp3) is 0.895. The van der Waals surface area contributed by atoms with Crippen LogP contribution >= 0.6 is 23.2 Å². The van der Waals surface area contributed by atoms with Gasteiger partial charge in [0, 0.05) is 37.3 Å². The summed E-state index contributed by atoms with van der Waals surface area (Å²) >= 11 is 11.8. The number of carbonyl (C=O) groups excluding carboxylic acids is 1. The number of hydrogen-bond donors (Lipinski definition) is 1. The number of alkyl halides is 2. The molecule has 0 amide bonds. The van der Waals surface area contributed by atoms with Gasteiger partial charge in [-0.25, -0.2) is 0 Å². The number of esters is 1. The molecule has 0 radical (unpaired) electrons. The Kier molecular flexibility index (Phi) is 12.3. The average molecular weight is 410 g/mol. The molecule has 1 saturated carbocycles. The van der Waals surface area contributed by atoms with Gasteiger partial charge in [0.1, 0.15) is 6.10 Å². The van der Waals surface area contributed by atoms with Crippen molar-refractivity contribution in [1.29, 1.82) is 0 Å². The number of carbonyl (C=O) groups is 2. The Morgan fingerprint density at radius 3 is 2.31 bits per heavy atom. The van der Waals surface area contributed by atoms with Gasteiger partial charge in [0.15, 0.2) is 0 Å². The highest BCUT2D eigenvalue weighted by Crippen LogP contribution is 2.31. The van der Waals surface area contributed by atoms with Crippen LogP contribution in [0.3, 0.4) is 0 Å². The first kappa shape index (κ1) is 23.5. The third-order valence-electron chi connectivity index (χ3n) is 5.07. The molecule has 0 aromatic carbocycles. The number of nitrogens with zero attached hydrogens (tertiary/aromatic N) is 1. The van der Waals surface area contributed by atoms with E-state index >= 15 is 0 Å². The maximum atomic E-state index is 12.3. The van der Waals surface area contributed by atoms with Gasteiger partial charge in [-0.2, -0.15) is 0 Å². The van der Waals surface area contributed by atoms with Crippen molar-refractivity contribution in [3.05, 3.63) is 0 Å². The lowest BCUT2D eigenvalue weighted by molar-refractivity contribution is -0.167. The van der Waals surface area contributed by atoms with Gasteiger partial charge in [0.2, 0.25) is 0 Å². The highest BCUT2D eigenvalue weighted by atomic mass is 35.5. The monoisotopic (exact) mass is 409 g/mol. The molecule has 1 rings (SSSR count). The molecule has 3 atom stereocenters. The lowest BCUT2D eigenvalue weighted by atomic mass is 9.82. The third-order valence-corrected chi connectivity index (χ3v) is 5.41. The van der Waals surface area contributed by atoms with Crippen LogP contribution in [0.4, 0.5) is 0 Å². The molecule has 0 aromatic rings. The number of aliphatic carboxylic acids is 1. The topological polar surface area (TPSA) is 66.8 Å². The maximum Gasteiger partial charge on any atom is 0.310 e. The van der Waals surface area contributed by atoms with E-state index in [1.54, 1.807) is 0 Å². The summed E-state index contributed by atoms with van der Waals surface area (Å²) < 4.78 is 5.71. The van der Waals surface area contributed by atoms with Gasteiger partial charge in [-0.3, -0.25) is 14.5 Å². The molecule has 152 valence electrons. The Balaban J connectivity index is 2.72. The predicted octanol–water partition coefficient (Wildman–Crippen LogP) is 4.29. The van der Waals surface area contributed by atoms with Gasteiger partial charge in [0.25, 0.3) is 0 Å². The van der Waals surface area contributed by atoms with Crippen LogP contribution in [0.2, 0.25) is 0 Å². The molecule has 7 heteroatoms. The van der Waals surface area contributed by atoms with Crippen LogP contribution in [0, 0.1) is 5.92 Å². The summed E-state index contributed by atoms with van der Waals surface area (Å²) in [5.74, 6) is -0.980. The van der Waals surface area contributed by atoms with Crippen molar-refractivity contribution < 1.29 is 19.4 Å². The lowest BCUT2D eigenvalue weighted by Gasteiger charge is -2.41. The number of rotatable bonds is 13. The first-order valence-electron chi connectivity index (χ1n) is 9.83. The molecule has 0 saturated heterocycles. The second-order valence-electron chi connectivity index (χ2n) is 6.98. The van der Waals surface area contributed by atoms with E-state index in [1.807, 2.05) is 0 Å². The van der Waals surface area contributed by atoms with E-state index in [0.717, 1.165) is 38.5 Å². The quantitative estimate of drug-likeness (QED) is 0.279. The highest BCUT2D eigenvalue weighted by molar-refractivity contribution is 6.18. The van der Waals surface area contributed by atoms with E-state index in [0.29, 0.717) is 37.7 Å². The van der Waals surface area contributed by atoms with Crippen molar-refractivity contribution >= 4 is 35.1 Å². The molecule has 1 N–H and O–H groups in total. The Bertz CT molecular complexity index is 416. The van der Waals surface area contributed by atoms with Gasteiger partial charge in [-0.05, 0) is 19.3 Å². The average Bonchev–Trinajstić information content (AvgIpc) is 2.61. The molecule has 5 nitrogen and oxygen atoms in total. The molecular formula is C19H33Cl2NO4. The lowest BCUT2D eigenvalue weighted by Crippen LogP contribution is -2.53. The Hall–Kier alpha value is -0.520. The largest absolute Gasteiger partial charge is 0.481 e. The van der Waals surface area contributed by atoms with Crippen molar-refractivity contribution in [3.63, 3.8) is 0 Å². The van der Waals surface area contributed by atoms with Gasteiger partial charge in [-0.15, -0.1) is 23.2 Å². The fourth-order valence-electron chi connectivity index (χ4n) is 3.70. The summed E-state index contributed by atoms with van der Waals surface area (Å²) in [5.41, 5.74) is 0. The van der Waals surface area contributed by atoms with E-state index in [9.17, 15) is 14.7 Å². The van der Waals surface area contributed by atoms with Crippen LogP contribution in [0.5, 0.6) is 0 Å². The molecule has 0 spiro atoms. The number of carboxylic acid groups (broad SMARTS) is 1. The number of hydrogen-bond acceptors (Lipinski definition) is 4. The highest BCUT2D eigenvalue weighted by Gasteiger charge is 2.42. The number of ether oxygens (including phenoxy) is 1. The second kappa shape index (κ2) is 13.6. The molecule has 26 heavy (non-hydrogen) atoms. The minimum atomic E-state index is -0.896. The maximum absolute atomic E-state index is 12.3. The molecule has 0 aliphatic heterocycles. The molecule has 1 aliphatic rings. The Morgan fingerprint density at radius 1 is 1.08 bits per heavy atom. The minimum absolute atomic E-state index is 0.133. The van der Waals surface area contributed by atoms with E-state index < -0.39 is 18.0 Å². The van der Waals surface area contributed by atoms with Gasteiger partial charge >= 0.3 is 11.9 Å². The second-order valence-corrected chi connectivity index (χ2v) is 7.73. The third kappa shape index (κ3) is 8.01. The summed E-state index contributed by atoms with van der Waals surface area (Å²) in [5, 5.41) is 9.59. The van der Waals surface area contributed by atoms with E-state index in [4.69, 9.17) is 27.9 Å². The first-order valence-corrected chi connectivity index (χ1v) is 10.9. The molecule has 0 heterocycles. The number of unbranched alkanes of at least 4 members (excludes halogenated alkanes) is 4. The SMILES string of the molecule is CCCCCCCC(=O)O[C@H]1[C@@H](C(=O)O)CCC[C@@H]1N(CCCl)CCCl. The molecule has 0 aromatic heterocycles. The number of halogens is 2. The fourth-order valence-corrected chi connectivity index (χ4v) is 4.14. The molecule has 1 fully saturated rings. The van der Waals surface area contributed by atoms with Gasteiger partial charge in [-0.1, -0.05) is 39.0 Å². The summed E-state index contributed by atoms with van der Waals surface area (Å²) in [6.45, 7) is 3.36. The zero-order valence-corrected chi connectivity index (χ0v) is 17.3. The molecule has 0 unspecified atom stereocenters. The standard InChI is InChI=1S/C19H33Cl2NO4/c1-2-3-4-5-6-10-17(23)26-18-15(19(24)25)8-7-9-16(18)22(13-11-20)14-12-21/h15-16,18H,2-14H2,1H3,(H,24,25)/t15-,16-,18-/m0/s1. The zero-order valence-electron chi connectivity index (χ0n) is 15.8. The van der Waals surface area contributed by atoms with Crippen LogP contribution in [0.25, 0.3) is 0 Å². The van der Waals surface area contributed by atoms with Crippen LogP contribution in [0.15, 0.2) is 0 Å². The normalized spacial score (nSPS) is 23.2. The van der Waals surface area contributed by atoms with Gasteiger partial charge < -0.3 is 9.84 Å². The molecule has 1 aliphatic carbocycles. The van der Waals surface area contributed by atoms with Gasteiger partial charge in [0.05, 0.1) is 5.92 Å². The van der Waals surface area contributed by atoms with Crippen molar-refractivity contribution in [3.8, 4) is 0 Å². The minimum Gasteiger partial charge on any atom is -0.481 e. The van der Waals surface area contributed by atoms with E-state index in [-0.39, 0.29) is 12.0 Å². The van der Waals surface area contributed by atoms with E-state index in [2.05, 4.69) is 11.8 Å². The smallest absolute Gasteiger partial charge is 0.310 e. The van der Waals surface area contributed by atoms with Crippen molar-refractivity contribution in [1.82, 2.24) is 4.90 Å². The predicted molar refractivity (Wildman–Crippen MR) is 105 cm³/mol. The number of carboxylic acids is 1. The summed E-state index contributed by atoms with van der Waals surface area (Å²) in [6, 6.07) is -0.133. The van der Waals surface area contributed by atoms with Crippen LogP contribution < -0.4 is 0 Å².